The lowest BCUT2D eigenvalue weighted by Crippen LogP contribution is -2.36. The van der Waals surface area contributed by atoms with Crippen LogP contribution in [0.4, 0.5) is 10.5 Å². The first-order valence-electron chi connectivity index (χ1n) is 11.3. The second kappa shape index (κ2) is 10.2. The normalized spacial score (nSPS) is 14.6. The van der Waals surface area contributed by atoms with E-state index in [1.807, 2.05) is 44.2 Å². The van der Waals surface area contributed by atoms with Crippen molar-refractivity contribution < 1.29 is 23.7 Å². The SMILES string of the molecule is COc1cc2nccc(Oc3ccc(NC(=O)OC4CCN(C)CC4)c(C)c3C)c2cc1OC. The van der Waals surface area contributed by atoms with Gasteiger partial charge in [-0.05, 0) is 69.1 Å². The summed E-state index contributed by atoms with van der Waals surface area (Å²) in [4.78, 5) is 19.1. The Labute approximate surface area is 199 Å². The highest BCUT2D eigenvalue weighted by Gasteiger charge is 2.21. The predicted molar refractivity (Wildman–Crippen MR) is 131 cm³/mol. The molecule has 4 rings (SSSR count). The largest absolute Gasteiger partial charge is 0.493 e. The van der Waals surface area contributed by atoms with Gasteiger partial charge in [0.2, 0.25) is 0 Å². The number of benzene rings is 2. The van der Waals surface area contributed by atoms with Crippen molar-refractivity contribution >= 4 is 22.7 Å². The fraction of sp³-hybridized carbons (Fsp3) is 0.385. The summed E-state index contributed by atoms with van der Waals surface area (Å²) in [6, 6.07) is 9.17. The average Bonchev–Trinajstić information content (AvgIpc) is 2.84. The van der Waals surface area contributed by atoms with E-state index >= 15 is 0 Å². The van der Waals surface area contributed by atoms with E-state index in [-0.39, 0.29) is 6.10 Å². The van der Waals surface area contributed by atoms with E-state index < -0.39 is 6.09 Å². The maximum Gasteiger partial charge on any atom is 0.411 e. The van der Waals surface area contributed by atoms with Gasteiger partial charge in [-0.3, -0.25) is 10.3 Å². The lowest BCUT2D eigenvalue weighted by Gasteiger charge is -2.28. The first-order valence-corrected chi connectivity index (χ1v) is 11.3. The molecular formula is C26H31N3O5. The van der Waals surface area contributed by atoms with Gasteiger partial charge in [0, 0.05) is 36.4 Å². The van der Waals surface area contributed by atoms with Crippen molar-refractivity contribution in [3.63, 3.8) is 0 Å². The van der Waals surface area contributed by atoms with Crippen molar-refractivity contribution in [2.45, 2.75) is 32.8 Å². The molecule has 1 aliphatic rings. The molecule has 3 aromatic rings. The van der Waals surface area contributed by atoms with Crippen LogP contribution in [-0.2, 0) is 4.74 Å². The quantitative estimate of drug-likeness (QED) is 0.529. The molecule has 0 saturated carbocycles. The highest BCUT2D eigenvalue weighted by Crippen LogP contribution is 2.38. The van der Waals surface area contributed by atoms with Crippen LogP contribution >= 0.6 is 0 Å². The van der Waals surface area contributed by atoms with E-state index in [1.165, 1.54) is 0 Å². The molecule has 1 fully saturated rings. The smallest absolute Gasteiger partial charge is 0.411 e. The minimum absolute atomic E-state index is 0.0456. The Kier molecular flexibility index (Phi) is 7.07. The number of amides is 1. The number of ether oxygens (including phenoxy) is 4. The number of likely N-dealkylation sites (tertiary alicyclic amines) is 1. The van der Waals surface area contributed by atoms with Crippen LogP contribution in [0, 0.1) is 13.8 Å². The third kappa shape index (κ3) is 5.02. The van der Waals surface area contributed by atoms with Gasteiger partial charge in [0.25, 0.3) is 0 Å². The number of hydrogen-bond donors (Lipinski definition) is 1. The summed E-state index contributed by atoms with van der Waals surface area (Å²) >= 11 is 0. The zero-order valence-corrected chi connectivity index (χ0v) is 20.3. The van der Waals surface area contributed by atoms with Gasteiger partial charge in [0.1, 0.15) is 17.6 Å². The van der Waals surface area contributed by atoms with E-state index in [1.54, 1.807) is 20.4 Å². The molecule has 8 nitrogen and oxygen atoms in total. The second-order valence-electron chi connectivity index (χ2n) is 8.53. The van der Waals surface area contributed by atoms with Crippen LogP contribution in [-0.4, -0.2) is 56.4 Å². The number of nitrogens with one attached hydrogen (secondary N) is 1. The second-order valence-corrected chi connectivity index (χ2v) is 8.53. The topological polar surface area (TPSA) is 82.2 Å². The number of pyridine rings is 1. The maximum atomic E-state index is 12.5. The molecule has 0 spiro atoms. The van der Waals surface area contributed by atoms with E-state index in [0.717, 1.165) is 48.0 Å². The minimum atomic E-state index is -0.424. The number of piperidine rings is 1. The number of hydrogen-bond acceptors (Lipinski definition) is 7. The number of methoxy groups -OCH3 is 2. The number of anilines is 1. The van der Waals surface area contributed by atoms with Crippen molar-refractivity contribution in [2.24, 2.45) is 0 Å². The molecule has 8 heteroatoms. The van der Waals surface area contributed by atoms with Crippen LogP contribution < -0.4 is 19.5 Å². The zero-order chi connectivity index (χ0) is 24.2. The first kappa shape index (κ1) is 23.6. The van der Waals surface area contributed by atoms with Crippen LogP contribution in [0.3, 0.4) is 0 Å². The number of carbonyl (C=O) groups excluding carboxylic acids is 1. The number of carbonyl (C=O) groups is 1. The summed E-state index contributed by atoms with van der Waals surface area (Å²) in [5.41, 5.74) is 3.27. The fourth-order valence-corrected chi connectivity index (χ4v) is 4.09. The Morgan fingerprint density at radius 2 is 1.68 bits per heavy atom. The monoisotopic (exact) mass is 465 g/mol. The summed E-state index contributed by atoms with van der Waals surface area (Å²) in [6.07, 6.45) is 2.93. The van der Waals surface area contributed by atoms with Gasteiger partial charge in [-0.1, -0.05) is 0 Å². The predicted octanol–water partition coefficient (Wildman–Crippen LogP) is 5.30. The molecule has 1 N–H and O–H groups in total. The number of rotatable bonds is 6. The first-order chi connectivity index (χ1) is 16.4. The van der Waals surface area contributed by atoms with Crippen molar-refractivity contribution in [1.29, 1.82) is 0 Å². The molecule has 0 bridgehead atoms. The van der Waals surface area contributed by atoms with Gasteiger partial charge in [-0.25, -0.2) is 4.79 Å². The van der Waals surface area contributed by atoms with Crippen molar-refractivity contribution in [2.75, 3.05) is 39.7 Å². The Morgan fingerprint density at radius 1 is 0.971 bits per heavy atom. The van der Waals surface area contributed by atoms with E-state index in [2.05, 4.69) is 22.2 Å². The van der Waals surface area contributed by atoms with Crippen LogP contribution in [0.15, 0.2) is 36.5 Å². The standard InChI is InChI=1S/C26H31N3O5/c1-16-17(2)22(7-6-20(16)28-26(30)33-18-9-12-29(3)13-10-18)34-23-8-11-27-21-15-25(32-5)24(31-4)14-19(21)23/h6-8,11,14-15,18H,9-10,12-13H2,1-5H3,(H,28,30). The summed E-state index contributed by atoms with van der Waals surface area (Å²) in [6.45, 7) is 5.78. The van der Waals surface area contributed by atoms with Crippen molar-refractivity contribution in [3.05, 3.63) is 47.7 Å². The van der Waals surface area contributed by atoms with E-state index in [9.17, 15) is 4.79 Å². The highest BCUT2D eigenvalue weighted by molar-refractivity contribution is 5.89. The average molecular weight is 466 g/mol. The van der Waals surface area contributed by atoms with Gasteiger partial charge < -0.3 is 23.8 Å². The Bertz CT molecular complexity index is 1190. The third-order valence-electron chi connectivity index (χ3n) is 6.34. The molecule has 2 aromatic carbocycles. The summed E-state index contributed by atoms with van der Waals surface area (Å²) < 4.78 is 22.7. The minimum Gasteiger partial charge on any atom is -0.493 e. The van der Waals surface area contributed by atoms with Crippen LogP contribution in [0.5, 0.6) is 23.0 Å². The van der Waals surface area contributed by atoms with Gasteiger partial charge >= 0.3 is 6.09 Å². The van der Waals surface area contributed by atoms with E-state index in [0.29, 0.717) is 28.7 Å². The Balaban J connectivity index is 1.52. The molecule has 1 saturated heterocycles. The fourth-order valence-electron chi connectivity index (χ4n) is 4.09. The van der Waals surface area contributed by atoms with Crippen LogP contribution in [0.1, 0.15) is 24.0 Å². The van der Waals surface area contributed by atoms with Crippen molar-refractivity contribution in [3.8, 4) is 23.0 Å². The molecule has 34 heavy (non-hydrogen) atoms. The lowest BCUT2D eigenvalue weighted by atomic mass is 10.1. The molecule has 0 atom stereocenters. The number of fused-ring (bicyclic) bond motifs is 1. The van der Waals surface area contributed by atoms with Gasteiger partial charge in [-0.2, -0.15) is 0 Å². The molecular weight excluding hydrogens is 434 g/mol. The highest BCUT2D eigenvalue weighted by atomic mass is 16.6. The summed E-state index contributed by atoms with van der Waals surface area (Å²) in [5.74, 6) is 2.54. The molecule has 0 aliphatic carbocycles. The van der Waals surface area contributed by atoms with Crippen LogP contribution in [0.25, 0.3) is 10.9 Å². The summed E-state index contributed by atoms with van der Waals surface area (Å²) in [7, 11) is 5.26. The Hall–Kier alpha value is -3.52. The van der Waals surface area contributed by atoms with Crippen LogP contribution in [0.2, 0.25) is 0 Å². The molecule has 2 heterocycles. The number of nitrogens with zero attached hydrogens (tertiary/aromatic N) is 2. The van der Waals surface area contributed by atoms with Gasteiger partial charge in [0.05, 0.1) is 19.7 Å². The lowest BCUT2D eigenvalue weighted by molar-refractivity contribution is 0.0661. The van der Waals surface area contributed by atoms with E-state index in [4.69, 9.17) is 18.9 Å². The molecule has 1 amide bonds. The molecule has 1 aromatic heterocycles. The molecule has 1 aliphatic heterocycles. The molecule has 180 valence electrons. The zero-order valence-electron chi connectivity index (χ0n) is 20.3. The van der Waals surface area contributed by atoms with Crippen molar-refractivity contribution in [1.82, 2.24) is 9.88 Å². The maximum absolute atomic E-state index is 12.5. The molecule has 0 unspecified atom stereocenters. The van der Waals surface area contributed by atoms with Gasteiger partial charge in [-0.15, -0.1) is 0 Å². The molecule has 0 radical (unpaired) electrons. The summed E-state index contributed by atoms with van der Waals surface area (Å²) in [5, 5.41) is 3.69. The van der Waals surface area contributed by atoms with Gasteiger partial charge in [0.15, 0.2) is 11.5 Å². The number of aromatic nitrogens is 1. The third-order valence-corrected chi connectivity index (χ3v) is 6.34. The Morgan fingerprint density at radius 3 is 2.38 bits per heavy atom.